The van der Waals surface area contributed by atoms with Gasteiger partial charge in [0.05, 0.1) is 11.9 Å². The Morgan fingerprint density at radius 2 is 1.59 bits per heavy atom. The second-order valence-corrected chi connectivity index (χ2v) is 10.8. The Morgan fingerprint density at radius 1 is 0.971 bits per heavy atom. The lowest BCUT2D eigenvalue weighted by Crippen LogP contribution is -2.53. The molecule has 0 aliphatic heterocycles. The molecule has 2 amide bonds. The minimum Gasteiger partial charge on any atom is -0.352 e. The summed E-state index contributed by atoms with van der Waals surface area (Å²) in [5, 5.41) is 2.97. The van der Waals surface area contributed by atoms with Crippen molar-refractivity contribution in [2.45, 2.75) is 66.1 Å². The molecule has 0 spiro atoms. The first-order valence-electron chi connectivity index (χ1n) is 11.7. The zero-order valence-corrected chi connectivity index (χ0v) is 21.9. The predicted molar refractivity (Wildman–Crippen MR) is 137 cm³/mol. The molecular formula is C26H37N3O4S. The van der Waals surface area contributed by atoms with Crippen molar-refractivity contribution < 1.29 is 18.0 Å². The first-order valence-corrected chi connectivity index (χ1v) is 13.5. The molecule has 0 unspecified atom stereocenters. The van der Waals surface area contributed by atoms with Gasteiger partial charge >= 0.3 is 0 Å². The third kappa shape index (κ3) is 7.58. The van der Waals surface area contributed by atoms with Gasteiger partial charge in [-0.15, -0.1) is 0 Å². The smallest absolute Gasteiger partial charge is 0.244 e. The summed E-state index contributed by atoms with van der Waals surface area (Å²) in [6.07, 6.45) is 2.26. The standard InChI is InChI=1S/C26H37N3O4S/c1-7-21(5)27-26(31)24(8-2)28(17-22-13-9-11-19(3)15-22)25(30)18-29(34(6,32)33)23-14-10-12-20(4)16-23/h9-16,21,24H,7-8,17-18H2,1-6H3,(H,27,31)/t21-,24+/m1/s1. The summed E-state index contributed by atoms with van der Waals surface area (Å²) in [6.45, 7) is 9.40. The Labute approximate surface area is 204 Å². The first kappa shape index (κ1) is 27.4. The molecule has 0 saturated heterocycles. The maximum Gasteiger partial charge on any atom is 0.244 e. The Hall–Kier alpha value is -2.87. The average molecular weight is 488 g/mol. The Kier molecular flexibility index (Phi) is 9.67. The van der Waals surface area contributed by atoms with Crippen LogP contribution in [0.1, 0.15) is 50.3 Å². The third-order valence-electron chi connectivity index (χ3n) is 5.79. The molecule has 0 heterocycles. The fourth-order valence-electron chi connectivity index (χ4n) is 3.76. The number of nitrogens with zero attached hydrogens (tertiary/aromatic N) is 2. The average Bonchev–Trinajstić information content (AvgIpc) is 2.76. The van der Waals surface area contributed by atoms with Crippen LogP contribution in [-0.4, -0.2) is 50.0 Å². The van der Waals surface area contributed by atoms with Gasteiger partial charge in [-0.1, -0.05) is 55.8 Å². The van der Waals surface area contributed by atoms with E-state index in [2.05, 4.69) is 5.32 Å². The second-order valence-electron chi connectivity index (χ2n) is 8.86. The summed E-state index contributed by atoms with van der Waals surface area (Å²) in [7, 11) is -3.73. The number of carbonyl (C=O) groups excluding carboxylic acids is 2. The van der Waals surface area contributed by atoms with E-state index in [9.17, 15) is 18.0 Å². The molecule has 0 saturated carbocycles. The Bertz CT molecular complexity index is 1100. The fourth-order valence-corrected chi connectivity index (χ4v) is 4.61. The van der Waals surface area contributed by atoms with Gasteiger partial charge in [-0.2, -0.15) is 0 Å². The van der Waals surface area contributed by atoms with Gasteiger partial charge in [0.25, 0.3) is 0 Å². The van der Waals surface area contributed by atoms with Crippen LogP contribution in [0.4, 0.5) is 5.69 Å². The summed E-state index contributed by atoms with van der Waals surface area (Å²) < 4.78 is 26.4. The summed E-state index contributed by atoms with van der Waals surface area (Å²) in [5.74, 6) is -0.668. The van der Waals surface area contributed by atoms with Gasteiger partial charge in [0, 0.05) is 12.6 Å². The molecule has 0 aliphatic rings. The number of nitrogens with one attached hydrogen (secondary N) is 1. The first-order chi connectivity index (χ1) is 16.0. The normalized spacial score (nSPS) is 13.1. The molecule has 0 radical (unpaired) electrons. The highest BCUT2D eigenvalue weighted by molar-refractivity contribution is 7.92. The molecular weight excluding hydrogens is 450 g/mol. The lowest BCUT2D eigenvalue weighted by atomic mass is 10.1. The van der Waals surface area contributed by atoms with E-state index in [0.29, 0.717) is 12.1 Å². The van der Waals surface area contributed by atoms with Crippen LogP contribution >= 0.6 is 0 Å². The van der Waals surface area contributed by atoms with Gasteiger partial charge in [-0.05, 0) is 56.9 Å². The van der Waals surface area contributed by atoms with Crippen molar-refractivity contribution in [3.63, 3.8) is 0 Å². The molecule has 0 aliphatic carbocycles. The van der Waals surface area contributed by atoms with E-state index in [4.69, 9.17) is 0 Å². The quantitative estimate of drug-likeness (QED) is 0.522. The van der Waals surface area contributed by atoms with Crippen molar-refractivity contribution in [1.82, 2.24) is 10.2 Å². The van der Waals surface area contributed by atoms with Gasteiger partial charge in [0.15, 0.2) is 0 Å². The zero-order valence-electron chi connectivity index (χ0n) is 21.0. The third-order valence-corrected chi connectivity index (χ3v) is 6.93. The lowest BCUT2D eigenvalue weighted by Gasteiger charge is -2.33. The Morgan fingerprint density at radius 3 is 2.12 bits per heavy atom. The molecule has 186 valence electrons. The van der Waals surface area contributed by atoms with Crippen LogP contribution in [0.2, 0.25) is 0 Å². The topological polar surface area (TPSA) is 86.8 Å². The highest BCUT2D eigenvalue weighted by Gasteiger charge is 2.32. The van der Waals surface area contributed by atoms with Crippen LogP contribution in [-0.2, 0) is 26.2 Å². The number of benzene rings is 2. The number of anilines is 1. The van der Waals surface area contributed by atoms with E-state index in [1.807, 2.05) is 65.0 Å². The van der Waals surface area contributed by atoms with Crippen LogP contribution in [0.15, 0.2) is 48.5 Å². The highest BCUT2D eigenvalue weighted by Crippen LogP contribution is 2.21. The number of amides is 2. The van der Waals surface area contributed by atoms with Gasteiger partial charge < -0.3 is 10.2 Å². The van der Waals surface area contributed by atoms with Crippen molar-refractivity contribution in [2.24, 2.45) is 0 Å². The van der Waals surface area contributed by atoms with E-state index in [1.165, 1.54) is 4.90 Å². The molecule has 2 atom stereocenters. The van der Waals surface area contributed by atoms with Crippen LogP contribution in [0.25, 0.3) is 0 Å². The van der Waals surface area contributed by atoms with Crippen molar-refractivity contribution in [3.05, 3.63) is 65.2 Å². The number of rotatable bonds is 11. The molecule has 2 aromatic carbocycles. The van der Waals surface area contributed by atoms with Crippen molar-refractivity contribution >= 4 is 27.5 Å². The number of carbonyl (C=O) groups is 2. The van der Waals surface area contributed by atoms with Crippen molar-refractivity contribution in [3.8, 4) is 0 Å². The largest absolute Gasteiger partial charge is 0.352 e. The summed E-state index contributed by atoms with van der Waals surface area (Å²) >= 11 is 0. The predicted octanol–water partition coefficient (Wildman–Crippen LogP) is 3.79. The maximum atomic E-state index is 13.6. The number of hydrogen-bond donors (Lipinski definition) is 1. The highest BCUT2D eigenvalue weighted by atomic mass is 32.2. The number of sulfonamides is 1. The number of aryl methyl sites for hydroxylation is 2. The van der Waals surface area contributed by atoms with Gasteiger partial charge in [0.1, 0.15) is 12.6 Å². The molecule has 0 bridgehead atoms. The lowest BCUT2D eigenvalue weighted by molar-refractivity contribution is -0.140. The Balaban J connectivity index is 2.44. The van der Waals surface area contributed by atoms with Crippen molar-refractivity contribution in [2.75, 3.05) is 17.1 Å². The van der Waals surface area contributed by atoms with Crippen LogP contribution < -0.4 is 9.62 Å². The minimum atomic E-state index is -3.73. The molecule has 7 nitrogen and oxygen atoms in total. The van der Waals surface area contributed by atoms with Gasteiger partial charge in [0.2, 0.25) is 21.8 Å². The molecule has 0 aromatic heterocycles. The van der Waals surface area contributed by atoms with Gasteiger partial charge in [-0.3, -0.25) is 13.9 Å². The van der Waals surface area contributed by atoms with Crippen LogP contribution in [0.3, 0.4) is 0 Å². The molecule has 34 heavy (non-hydrogen) atoms. The minimum absolute atomic E-state index is 0.0303. The molecule has 8 heteroatoms. The van der Waals surface area contributed by atoms with E-state index >= 15 is 0 Å². The SMILES string of the molecule is CC[C@@H](C)NC(=O)[C@H](CC)N(Cc1cccc(C)c1)C(=O)CN(c1cccc(C)c1)S(C)(=O)=O. The number of hydrogen-bond acceptors (Lipinski definition) is 4. The summed E-state index contributed by atoms with van der Waals surface area (Å²) in [4.78, 5) is 28.3. The van der Waals surface area contributed by atoms with E-state index in [1.54, 1.807) is 18.2 Å². The maximum absolute atomic E-state index is 13.6. The molecule has 2 aromatic rings. The van der Waals surface area contributed by atoms with Gasteiger partial charge in [-0.25, -0.2) is 8.42 Å². The second kappa shape index (κ2) is 12.0. The zero-order chi connectivity index (χ0) is 25.5. The van der Waals surface area contributed by atoms with E-state index in [0.717, 1.165) is 33.7 Å². The molecule has 0 fully saturated rings. The summed E-state index contributed by atoms with van der Waals surface area (Å²) in [5.41, 5.74) is 3.22. The molecule has 2 rings (SSSR count). The van der Waals surface area contributed by atoms with Crippen molar-refractivity contribution in [1.29, 1.82) is 0 Å². The van der Waals surface area contributed by atoms with E-state index in [-0.39, 0.29) is 25.0 Å². The van der Waals surface area contributed by atoms with Crippen LogP contribution in [0, 0.1) is 13.8 Å². The van der Waals surface area contributed by atoms with E-state index < -0.39 is 22.0 Å². The molecule has 1 N–H and O–H groups in total. The van der Waals surface area contributed by atoms with Crippen LogP contribution in [0.5, 0.6) is 0 Å². The summed E-state index contributed by atoms with van der Waals surface area (Å²) in [6, 6.07) is 14.0. The fraction of sp³-hybridized carbons (Fsp3) is 0.462. The monoisotopic (exact) mass is 487 g/mol.